The predicted octanol–water partition coefficient (Wildman–Crippen LogP) is 2.44. The molecule has 0 aliphatic rings. The minimum absolute atomic E-state index is 0.101. The molecular weight excluding hydrogens is 220 g/mol. The number of benzene rings is 1. The minimum Gasteiger partial charge on any atom is -0.324 e. The molecule has 0 fully saturated rings. The number of nitro groups is 1. The van der Waals surface area contributed by atoms with Crippen molar-refractivity contribution in [1.29, 1.82) is 0 Å². The fourth-order valence-corrected chi connectivity index (χ4v) is 1.43. The number of aryl methyl sites for hydroxylation is 1. The van der Waals surface area contributed by atoms with Crippen LogP contribution in [-0.2, 0) is 0 Å². The number of hydrogen-bond donors (Lipinski definition) is 1. The second kappa shape index (κ2) is 4.56. The fourth-order valence-electron chi connectivity index (χ4n) is 1.43. The molecule has 1 aromatic heterocycles. The number of rotatable bonds is 3. The van der Waals surface area contributed by atoms with Gasteiger partial charge in [-0.25, -0.2) is 9.97 Å². The summed E-state index contributed by atoms with van der Waals surface area (Å²) in [6, 6.07) is 6.49. The molecule has 1 N–H and O–H groups in total. The van der Waals surface area contributed by atoms with E-state index in [1.165, 1.54) is 6.07 Å². The molecule has 6 nitrogen and oxygen atoms in total. The van der Waals surface area contributed by atoms with E-state index in [0.29, 0.717) is 11.5 Å². The topological polar surface area (TPSA) is 81.0 Å². The smallest absolute Gasteiger partial charge is 0.272 e. The monoisotopic (exact) mass is 230 g/mol. The van der Waals surface area contributed by atoms with Gasteiger partial charge in [-0.1, -0.05) is 0 Å². The predicted molar refractivity (Wildman–Crippen MR) is 63.1 cm³/mol. The van der Waals surface area contributed by atoms with Gasteiger partial charge in [0.15, 0.2) is 0 Å². The van der Waals surface area contributed by atoms with E-state index in [9.17, 15) is 10.1 Å². The summed E-state index contributed by atoms with van der Waals surface area (Å²) in [7, 11) is 0. The van der Waals surface area contributed by atoms with Crippen molar-refractivity contribution < 1.29 is 4.92 Å². The van der Waals surface area contributed by atoms with Gasteiger partial charge in [-0.2, -0.15) is 0 Å². The van der Waals surface area contributed by atoms with Crippen LogP contribution in [0.4, 0.5) is 17.3 Å². The Labute approximate surface area is 97.5 Å². The maximum absolute atomic E-state index is 10.7. The minimum atomic E-state index is -0.405. The van der Waals surface area contributed by atoms with Crippen molar-refractivity contribution in [3.05, 3.63) is 52.3 Å². The molecule has 1 heterocycles. The van der Waals surface area contributed by atoms with Gasteiger partial charge in [-0.05, 0) is 25.1 Å². The quantitative estimate of drug-likeness (QED) is 0.646. The van der Waals surface area contributed by atoms with Crippen LogP contribution >= 0.6 is 0 Å². The Hall–Kier alpha value is -2.50. The summed E-state index contributed by atoms with van der Waals surface area (Å²) in [5.74, 6) is 0.459. The molecule has 0 unspecified atom stereocenters. The van der Waals surface area contributed by atoms with E-state index in [-0.39, 0.29) is 5.69 Å². The molecule has 1 aromatic carbocycles. The van der Waals surface area contributed by atoms with Crippen LogP contribution in [-0.4, -0.2) is 14.9 Å². The Morgan fingerprint density at radius 3 is 2.59 bits per heavy atom. The third kappa shape index (κ3) is 2.54. The van der Waals surface area contributed by atoms with Crippen molar-refractivity contribution in [3.63, 3.8) is 0 Å². The van der Waals surface area contributed by atoms with E-state index < -0.39 is 4.92 Å². The SMILES string of the molecule is Cc1cc(Nc2ncccn2)ccc1[N+](=O)[O-]. The number of anilines is 2. The molecule has 0 radical (unpaired) electrons. The van der Waals surface area contributed by atoms with Crippen LogP contribution in [0.25, 0.3) is 0 Å². The molecule has 0 amide bonds. The Morgan fingerprint density at radius 1 is 1.29 bits per heavy atom. The number of nitrogens with one attached hydrogen (secondary N) is 1. The van der Waals surface area contributed by atoms with Crippen LogP contribution in [0.5, 0.6) is 0 Å². The van der Waals surface area contributed by atoms with Crippen LogP contribution in [0.2, 0.25) is 0 Å². The first kappa shape index (κ1) is 11.0. The molecule has 17 heavy (non-hydrogen) atoms. The molecule has 0 saturated heterocycles. The number of nitro benzene ring substituents is 1. The molecule has 86 valence electrons. The Kier molecular flexibility index (Phi) is 2.95. The molecule has 0 aliphatic heterocycles. The van der Waals surface area contributed by atoms with Crippen molar-refractivity contribution in [2.24, 2.45) is 0 Å². The lowest BCUT2D eigenvalue weighted by molar-refractivity contribution is -0.385. The first-order valence-electron chi connectivity index (χ1n) is 4.96. The van der Waals surface area contributed by atoms with E-state index in [1.54, 1.807) is 37.5 Å². The van der Waals surface area contributed by atoms with Crippen molar-refractivity contribution in [2.75, 3.05) is 5.32 Å². The summed E-state index contributed by atoms with van der Waals surface area (Å²) in [6.07, 6.45) is 3.24. The number of aromatic nitrogens is 2. The fraction of sp³-hybridized carbons (Fsp3) is 0.0909. The van der Waals surface area contributed by atoms with Gasteiger partial charge in [0.2, 0.25) is 5.95 Å². The lowest BCUT2D eigenvalue weighted by Crippen LogP contribution is -1.97. The average molecular weight is 230 g/mol. The van der Waals surface area contributed by atoms with Gasteiger partial charge in [0.25, 0.3) is 5.69 Å². The number of nitrogens with zero attached hydrogens (tertiary/aromatic N) is 3. The lowest BCUT2D eigenvalue weighted by atomic mass is 10.2. The second-order valence-corrected chi connectivity index (χ2v) is 3.46. The highest BCUT2D eigenvalue weighted by atomic mass is 16.6. The summed E-state index contributed by atoms with van der Waals surface area (Å²) < 4.78 is 0. The van der Waals surface area contributed by atoms with Gasteiger partial charge >= 0.3 is 0 Å². The summed E-state index contributed by atoms with van der Waals surface area (Å²) in [5, 5.41) is 13.6. The van der Waals surface area contributed by atoms with Gasteiger partial charge in [0.1, 0.15) is 0 Å². The number of hydrogen-bond acceptors (Lipinski definition) is 5. The highest BCUT2D eigenvalue weighted by Crippen LogP contribution is 2.22. The summed E-state index contributed by atoms with van der Waals surface area (Å²) in [6.45, 7) is 1.69. The molecule has 0 spiro atoms. The van der Waals surface area contributed by atoms with E-state index in [2.05, 4.69) is 15.3 Å². The average Bonchev–Trinajstić information content (AvgIpc) is 2.30. The van der Waals surface area contributed by atoms with Gasteiger partial charge in [0.05, 0.1) is 4.92 Å². The van der Waals surface area contributed by atoms with Crippen LogP contribution in [0.15, 0.2) is 36.7 Å². The zero-order valence-electron chi connectivity index (χ0n) is 9.12. The van der Waals surface area contributed by atoms with Crippen LogP contribution < -0.4 is 5.32 Å². The zero-order valence-corrected chi connectivity index (χ0v) is 9.12. The second-order valence-electron chi connectivity index (χ2n) is 3.46. The molecule has 0 saturated carbocycles. The molecular formula is C11H10N4O2. The highest BCUT2D eigenvalue weighted by Gasteiger charge is 2.10. The van der Waals surface area contributed by atoms with Crippen molar-refractivity contribution in [1.82, 2.24) is 9.97 Å². The highest BCUT2D eigenvalue weighted by molar-refractivity contribution is 5.58. The zero-order chi connectivity index (χ0) is 12.3. The molecule has 2 aromatic rings. The summed E-state index contributed by atoms with van der Waals surface area (Å²) >= 11 is 0. The summed E-state index contributed by atoms with van der Waals surface area (Å²) in [5.41, 5.74) is 1.42. The first-order chi connectivity index (χ1) is 8.16. The molecule has 0 bridgehead atoms. The Bertz CT molecular complexity index is 542. The molecule has 0 atom stereocenters. The molecule has 0 aliphatic carbocycles. The third-order valence-corrected chi connectivity index (χ3v) is 2.22. The van der Waals surface area contributed by atoms with Gasteiger partial charge in [-0.15, -0.1) is 0 Å². The van der Waals surface area contributed by atoms with E-state index in [0.717, 1.165) is 5.69 Å². The van der Waals surface area contributed by atoms with Crippen molar-refractivity contribution in [2.45, 2.75) is 6.92 Å². The molecule has 2 rings (SSSR count). The van der Waals surface area contributed by atoms with E-state index >= 15 is 0 Å². The van der Waals surface area contributed by atoms with Gasteiger partial charge in [-0.3, -0.25) is 10.1 Å². The van der Waals surface area contributed by atoms with Crippen LogP contribution in [0.1, 0.15) is 5.56 Å². The largest absolute Gasteiger partial charge is 0.324 e. The normalized spacial score (nSPS) is 9.94. The third-order valence-electron chi connectivity index (χ3n) is 2.22. The maximum atomic E-state index is 10.7. The van der Waals surface area contributed by atoms with Gasteiger partial charge < -0.3 is 5.32 Å². The van der Waals surface area contributed by atoms with Crippen LogP contribution in [0.3, 0.4) is 0 Å². The first-order valence-corrected chi connectivity index (χ1v) is 4.96. The van der Waals surface area contributed by atoms with Crippen molar-refractivity contribution in [3.8, 4) is 0 Å². The molecule has 6 heteroatoms. The van der Waals surface area contributed by atoms with E-state index in [1.807, 2.05) is 0 Å². The summed E-state index contributed by atoms with van der Waals surface area (Å²) in [4.78, 5) is 18.3. The lowest BCUT2D eigenvalue weighted by Gasteiger charge is -2.05. The Balaban J connectivity index is 2.24. The standard InChI is InChI=1S/C11H10N4O2/c1-8-7-9(3-4-10(8)15(16)17)14-11-12-5-2-6-13-11/h2-7H,1H3,(H,12,13,14). The van der Waals surface area contributed by atoms with Crippen molar-refractivity contribution >= 4 is 17.3 Å². The maximum Gasteiger partial charge on any atom is 0.272 e. The van der Waals surface area contributed by atoms with Crippen LogP contribution in [0, 0.1) is 17.0 Å². The Morgan fingerprint density at radius 2 is 2.00 bits per heavy atom. The van der Waals surface area contributed by atoms with Gasteiger partial charge in [0, 0.05) is 29.7 Å². The van der Waals surface area contributed by atoms with E-state index in [4.69, 9.17) is 0 Å².